The zero-order chi connectivity index (χ0) is 15.8. The monoisotopic (exact) mass is 309 g/mol. The first kappa shape index (κ1) is 17.6. The van der Waals surface area contributed by atoms with Crippen molar-refractivity contribution in [3.05, 3.63) is 24.3 Å². The molecule has 5 heteroatoms. The van der Waals surface area contributed by atoms with Crippen LogP contribution >= 0.6 is 11.8 Å². The van der Waals surface area contributed by atoms with E-state index in [1.165, 1.54) is 11.8 Å². The third kappa shape index (κ3) is 6.21. The molecule has 1 aromatic rings. The van der Waals surface area contributed by atoms with E-state index in [-0.39, 0.29) is 11.8 Å². The summed E-state index contributed by atoms with van der Waals surface area (Å²) in [4.78, 5) is 23.9. The molecule has 0 saturated heterocycles. The Kier molecular flexibility index (Phi) is 7.29. The van der Waals surface area contributed by atoms with Gasteiger partial charge in [-0.2, -0.15) is 0 Å². The number of carbonyl (C=O) groups excluding carboxylic acids is 1. The molecule has 1 amide bonds. The van der Waals surface area contributed by atoms with Gasteiger partial charge >= 0.3 is 5.97 Å². The van der Waals surface area contributed by atoms with Gasteiger partial charge < -0.3 is 10.4 Å². The molecule has 0 fully saturated rings. The maximum absolute atomic E-state index is 11.9. The van der Waals surface area contributed by atoms with E-state index in [9.17, 15) is 14.7 Å². The van der Waals surface area contributed by atoms with Crippen molar-refractivity contribution in [1.29, 1.82) is 0 Å². The van der Waals surface area contributed by atoms with Crippen molar-refractivity contribution in [3.8, 4) is 0 Å². The van der Waals surface area contributed by atoms with Crippen LogP contribution in [-0.2, 0) is 9.59 Å². The Balaban J connectivity index is 2.83. The molecule has 0 heterocycles. The molecule has 0 aliphatic carbocycles. The van der Waals surface area contributed by atoms with Crippen LogP contribution in [0.15, 0.2) is 29.2 Å². The maximum Gasteiger partial charge on any atom is 0.316 e. The van der Waals surface area contributed by atoms with E-state index in [0.717, 1.165) is 11.3 Å². The fourth-order valence-electron chi connectivity index (χ4n) is 1.89. The lowest BCUT2D eigenvalue weighted by Gasteiger charge is -2.15. The van der Waals surface area contributed by atoms with Crippen molar-refractivity contribution in [1.82, 2.24) is 0 Å². The summed E-state index contributed by atoms with van der Waals surface area (Å²) in [5.41, 5.74) is 0.690. The third-order valence-electron chi connectivity index (χ3n) is 2.85. The van der Waals surface area contributed by atoms with Crippen LogP contribution in [0.1, 0.15) is 40.0 Å². The molecule has 2 N–H and O–H groups in total. The molecule has 0 radical (unpaired) electrons. The topological polar surface area (TPSA) is 66.4 Å². The average molecular weight is 309 g/mol. The summed E-state index contributed by atoms with van der Waals surface area (Å²) < 4.78 is 0. The van der Waals surface area contributed by atoms with Gasteiger partial charge in [-0.3, -0.25) is 9.59 Å². The SMILES string of the molecule is CCC[C@@H](Sc1ccccc1NC(=O)CC(C)C)C(=O)O. The van der Waals surface area contributed by atoms with Gasteiger partial charge in [0, 0.05) is 11.3 Å². The van der Waals surface area contributed by atoms with Gasteiger partial charge in [-0.15, -0.1) is 11.8 Å². The molecule has 1 rings (SSSR count). The molecular formula is C16H23NO3S. The molecule has 0 aromatic heterocycles. The quantitative estimate of drug-likeness (QED) is 0.712. The molecule has 0 spiro atoms. The lowest BCUT2D eigenvalue weighted by atomic mass is 10.1. The number of carbonyl (C=O) groups is 2. The van der Waals surface area contributed by atoms with Crippen LogP contribution in [0.25, 0.3) is 0 Å². The van der Waals surface area contributed by atoms with E-state index in [2.05, 4.69) is 5.32 Å². The fraction of sp³-hybridized carbons (Fsp3) is 0.500. The molecule has 0 saturated carbocycles. The van der Waals surface area contributed by atoms with E-state index < -0.39 is 11.2 Å². The highest BCUT2D eigenvalue weighted by Gasteiger charge is 2.19. The summed E-state index contributed by atoms with van der Waals surface area (Å²) in [5, 5.41) is 11.6. The number of nitrogens with one attached hydrogen (secondary N) is 1. The number of carboxylic acids is 1. The van der Waals surface area contributed by atoms with Crippen molar-refractivity contribution in [2.45, 2.75) is 50.2 Å². The molecule has 0 aliphatic heterocycles. The first-order chi connectivity index (χ1) is 9.93. The Bertz CT molecular complexity index is 488. The minimum Gasteiger partial charge on any atom is -0.480 e. The average Bonchev–Trinajstić information content (AvgIpc) is 2.39. The number of thioether (sulfide) groups is 1. The van der Waals surface area contributed by atoms with E-state index in [1.54, 1.807) is 0 Å². The zero-order valence-electron chi connectivity index (χ0n) is 12.8. The normalized spacial score (nSPS) is 12.2. The van der Waals surface area contributed by atoms with Crippen LogP contribution < -0.4 is 5.32 Å². The number of para-hydroxylation sites is 1. The van der Waals surface area contributed by atoms with Crippen LogP contribution in [0, 0.1) is 5.92 Å². The second-order valence-corrected chi connectivity index (χ2v) is 6.62. The van der Waals surface area contributed by atoms with E-state index >= 15 is 0 Å². The van der Waals surface area contributed by atoms with E-state index in [4.69, 9.17) is 0 Å². The number of hydrogen-bond acceptors (Lipinski definition) is 3. The van der Waals surface area contributed by atoms with Gasteiger partial charge in [0.1, 0.15) is 5.25 Å². The second-order valence-electron chi connectivity index (χ2n) is 5.38. The van der Waals surface area contributed by atoms with Crippen molar-refractivity contribution in [2.24, 2.45) is 5.92 Å². The van der Waals surface area contributed by atoms with Crippen molar-refractivity contribution in [3.63, 3.8) is 0 Å². The second kappa shape index (κ2) is 8.72. The van der Waals surface area contributed by atoms with Crippen LogP contribution in [0.3, 0.4) is 0 Å². The summed E-state index contributed by atoms with van der Waals surface area (Å²) in [5.74, 6) is -0.567. The van der Waals surface area contributed by atoms with Crippen molar-refractivity contribution in [2.75, 3.05) is 5.32 Å². The van der Waals surface area contributed by atoms with Gasteiger partial charge in [0.2, 0.25) is 5.91 Å². The Morgan fingerprint density at radius 3 is 2.52 bits per heavy atom. The number of aliphatic carboxylic acids is 1. The van der Waals surface area contributed by atoms with Gasteiger partial charge in [-0.1, -0.05) is 39.3 Å². The van der Waals surface area contributed by atoms with Crippen LogP contribution in [0.5, 0.6) is 0 Å². The van der Waals surface area contributed by atoms with Gasteiger partial charge in [-0.25, -0.2) is 0 Å². The largest absolute Gasteiger partial charge is 0.480 e. The Hall–Kier alpha value is -1.49. The molecule has 0 bridgehead atoms. The van der Waals surface area contributed by atoms with Gasteiger partial charge in [0.15, 0.2) is 0 Å². The minimum absolute atomic E-state index is 0.0413. The van der Waals surface area contributed by atoms with Crippen LogP contribution in [0.4, 0.5) is 5.69 Å². The number of carboxylic acid groups (broad SMARTS) is 1. The van der Waals surface area contributed by atoms with E-state index in [0.29, 0.717) is 18.5 Å². The molecule has 1 aromatic carbocycles. The summed E-state index contributed by atoms with van der Waals surface area (Å²) in [6.45, 7) is 5.94. The first-order valence-corrected chi connectivity index (χ1v) is 8.10. The first-order valence-electron chi connectivity index (χ1n) is 7.22. The molecule has 21 heavy (non-hydrogen) atoms. The molecule has 0 unspecified atom stereocenters. The predicted molar refractivity (Wildman–Crippen MR) is 86.7 cm³/mol. The zero-order valence-corrected chi connectivity index (χ0v) is 13.6. The van der Waals surface area contributed by atoms with Crippen molar-refractivity contribution >= 4 is 29.3 Å². The van der Waals surface area contributed by atoms with E-state index in [1.807, 2.05) is 45.0 Å². The number of anilines is 1. The summed E-state index contributed by atoms with van der Waals surface area (Å²) in [6.07, 6.45) is 1.87. The minimum atomic E-state index is -0.815. The van der Waals surface area contributed by atoms with Gasteiger partial charge in [0.25, 0.3) is 0 Å². The molecule has 1 atom stereocenters. The molecule has 116 valence electrons. The third-order valence-corrected chi connectivity index (χ3v) is 4.18. The fourth-order valence-corrected chi connectivity index (χ4v) is 3.06. The van der Waals surface area contributed by atoms with Crippen molar-refractivity contribution < 1.29 is 14.7 Å². The highest BCUT2D eigenvalue weighted by Crippen LogP contribution is 2.32. The van der Waals surface area contributed by atoms with Gasteiger partial charge in [0.05, 0.1) is 5.69 Å². The predicted octanol–water partition coefficient (Wildman–Crippen LogP) is 4.02. The van der Waals surface area contributed by atoms with Gasteiger partial charge in [-0.05, 0) is 24.5 Å². The summed E-state index contributed by atoms with van der Waals surface area (Å²) in [6, 6.07) is 7.35. The Morgan fingerprint density at radius 2 is 1.95 bits per heavy atom. The number of hydrogen-bond donors (Lipinski definition) is 2. The van der Waals surface area contributed by atoms with Crippen LogP contribution in [0.2, 0.25) is 0 Å². The molecule has 4 nitrogen and oxygen atoms in total. The number of benzene rings is 1. The Labute approximate surface area is 130 Å². The maximum atomic E-state index is 11.9. The standard InChI is InChI=1S/C16H23NO3S/c1-4-7-14(16(19)20)21-13-9-6-5-8-12(13)17-15(18)10-11(2)3/h5-6,8-9,11,14H,4,7,10H2,1-3H3,(H,17,18)(H,19,20)/t14-/m1/s1. The Morgan fingerprint density at radius 1 is 1.29 bits per heavy atom. The van der Waals surface area contributed by atoms with Crippen LogP contribution in [-0.4, -0.2) is 22.2 Å². The summed E-state index contributed by atoms with van der Waals surface area (Å²) >= 11 is 1.29. The molecular weight excluding hydrogens is 286 g/mol. The number of rotatable bonds is 8. The number of amides is 1. The molecule has 0 aliphatic rings. The highest BCUT2D eigenvalue weighted by molar-refractivity contribution is 8.00. The smallest absolute Gasteiger partial charge is 0.316 e. The lowest BCUT2D eigenvalue weighted by Crippen LogP contribution is -2.17. The lowest BCUT2D eigenvalue weighted by molar-refractivity contribution is -0.136. The highest BCUT2D eigenvalue weighted by atomic mass is 32.2. The summed E-state index contributed by atoms with van der Waals surface area (Å²) in [7, 11) is 0.